The normalized spacial score (nSPS) is 15.8. The molecule has 1 fully saturated rings. The van der Waals surface area contributed by atoms with Crippen molar-refractivity contribution in [2.75, 3.05) is 0 Å². The van der Waals surface area contributed by atoms with E-state index in [0.717, 1.165) is 42.1 Å². The fraction of sp³-hybridized carbons (Fsp3) is 0.500. The van der Waals surface area contributed by atoms with Gasteiger partial charge in [-0.05, 0) is 37.8 Å². The van der Waals surface area contributed by atoms with Crippen LogP contribution in [0.4, 0.5) is 0 Å². The molecule has 4 nitrogen and oxygen atoms in total. The second kappa shape index (κ2) is 7.20. The standard InChI is InChI=1S/C20H26N2O2/c1-3-4-12-22-18-14(2)8-7-11-16(18)19(23)17(20(22)24)13-21-15-9-5-6-10-15/h7-8,11,13,15,23H,3-6,9-10,12H2,1-2H3. The van der Waals surface area contributed by atoms with E-state index in [4.69, 9.17) is 0 Å². The monoisotopic (exact) mass is 326 g/mol. The SMILES string of the molecule is CCCCn1c(=O)c(C=NC2CCCC2)c(O)c2cccc(C)c21. The van der Waals surface area contributed by atoms with E-state index in [0.29, 0.717) is 18.2 Å². The molecule has 1 saturated carbocycles. The van der Waals surface area contributed by atoms with Crippen LogP contribution in [0, 0.1) is 6.92 Å². The van der Waals surface area contributed by atoms with Gasteiger partial charge >= 0.3 is 0 Å². The summed E-state index contributed by atoms with van der Waals surface area (Å²) in [6.07, 6.45) is 8.12. The number of aliphatic imine (C=N–C) groups is 1. The van der Waals surface area contributed by atoms with Crippen molar-refractivity contribution in [2.45, 2.75) is 65.0 Å². The third kappa shape index (κ3) is 3.10. The summed E-state index contributed by atoms with van der Waals surface area (Å²) in [6, 6.07) is 6.08. The van der Waals surface area contributed by atoms with Gasteiger partial charge in [-0.15, -0.1) is 0 Å². The number of hydrogen-bond donors (Lipinski definition) is 1. The molecule has 0 aliphatic heterocycles. The molecule has 3 rings (SSSR count). The lowest BCUT2D eigenvalue weighted by Gasteiger charge is -2.15. The number of aryl methyl sites for hydroxylation is 2. The molecule has 1 aliphatic carbocycles. The summed E-state index contributed by atoms with van der Waals surface area (Å²) in [5, 5.41) is 11.4. The van der Waals surface area contributed by atoms with E-state index in [1.807, 2.05) is 29.7 Å². The van der Waals surface area contributed by atoms with Crippen LogP contribution in [0.15, 0.2) is 28.0 Å². The van der Waals surface area contributed by atoms with E-state index in [-0.39, 0.29) is 11.3 Å². The van der Waals surface area contributed by atoms with Crippen LogP contribution in [-0.4, -0.2) is 21.9 Å². The Bertz CT molecular complexity index is 814. The second-order valence-electron chi connectivity index (χ2n) is 6.76. The number of fused-ring (bicyclic) bond motifs is 1. The Morgan fingerprint density at radius 1 is 1.33 bits per heavy atom. The zero-order chi connectivity index (χ0) is 17.1. The first kappa shape index (κ1) is 16.7. The van der Waals surface area contributed by atoms with E-state index >= 15 is 0 Å². The highest BCUT2D eigenvalue weighted by atomic mass is 16.3. The molecule has 0 spiro atoms. The number of aromatic nitrogens is 1. The highest BCUT2D eigenvalue weighted by Crippen LogP contribution is 2.28. The van der Waals surface area contributed by atoms with Crippen LogP contribution >= 0.6 is 0 Å². The number of unbranched alkanes of at least 4 members (excludes halogenated alkanes) is 1. The molecule has 128 valence electrons. The molecule has 24 heavy (non-hydrogen) atoms. The molecule has 2 aromatic rings. The van der Waals surface area contributed by atoms with E-state index in [1.54, 1.807) is 6.21 Å². The van der Waals surface area contributed by atoms with Crippen molar-refractivity contribution in [2.24, 2.45) is 4.99 Å². The molecule has 0 unspecified atom stereocenters. The van der Waals surface area contributed by atoms with Gasteiger partial charge in [0.25, 0.3) is 5.56 Å². The molecule has 0 saturated heterocycles. The Morgan fingerprint density at radius 2 is 2.08 bits per heavy atom. The Balaban J connectivity index is 2.16. The predicted molar refractivity (Wildman–Crippen MR) is 99.4 cm³/mol. The lowest BCUT2D eigenvalue weighted by Crippen LogP contribution is -2.25. The molecule has 0 radical (unpaired) electrons. The van der Waals surface area contributed by atoms with Crippen LogP contribution in [-0.2, 0) is 6.54 Å². The number of hydrogen-bond acceptors (Lipinski definition) is 3. The smallest absolute Gasteiger partial charge is 0.263 e. The van der Waals surface area contributed by atoms with Crippen molar-refractivity contribution in [3.8, 4) is 5.75 Å². The largest absolute Gasteiger partial charge is 0.506 e. The average Bonchev–Trinajstić information content (AvgIpc) is 3.09. The maximum Gasteiger partial charge on any atom is 0.263 e. The summed E-state index contributed by atoms with van der Waals surface area (Å²) in [4.78, 5) is 17.5. The highest BCUT2D eigenvalue weighted by molar-refractivity contribution is 5.96. The van der Waals surface area contributed by atoms with Gasteiger partial charge in [0, 0.05) is 24.2 Å². The van der Waals surface area contributed by atoms with Crippen LogP contribution in [0.2, 0.25) is 0 Å². The first-order chi connectivity index (χ1) is 11.6. The van der Waals surface area contributed by atoms with Gasteiger partial charge in [-0.1, -0.05) is 38.3 Å². The van der Waals surface area contributed by atoms with Crippen molar-refractivity contribution in [3.05, 3.63) is 39.7 Å². The quantitative estimate of drug-likeness (QED) is 0.838. The number of nitrogens with zero attached hydrogens (tertiary/aromatic N) is 2. The van der Waals surface area contributed by atoms with Gasteiger partial charge in [0.1, 0.15) is 11.3 Å². The van der Waals surface area contributed by atoms with E-state index in [9.17, 15) is 9.90 Å². The summed E-state index contributed by atoms with van der Waals surface area (Å²) in [6.45, 7) is 4.76. The fourth-order valence-corrected chi connectivity index (χ4v) is 3.58. The Kier molecular flexibility index (Phi) is 5.03. The van der Waals surface area contributed by atoms with Gasteiger partial charge < -0.3 is 9.67 Å². The number of rotatable bonds is 5. The molecule has 0 atom stereocenters. The number of aromatic hydroxyl groups is 1. The molecule has 1 aromatic heterocycles. The third-order valence-corrected chi connectivity index (χ3v) is 4.97. The molecule has 1 heterocycles. The number of pyridine rings is 1. The fourth-order valence-electron chi connectivity index (χ4n) is 3.58. The average molecular weight is 326 g/mol. The molecule has 1 aliphatic rings. The Morgan fingerprint density at radius 3 is 2.79 bits per heavy atom. The predicted octanol–water partition coefficient (Wildman–Crippen LogP) is 4.18. The zero-order valence-electron chi connectivity index (χ0n) is 14.6. The maximum absolute atomic E-state index is 13.0. The molecule has 1 N–H and O–H groups in total. The van der Waals surface area contributed by atoms with Crippen LogP contribution in [0.1, 0.15) is 56.6 Å². The topological polar surface area (TPSA) is 54.6 Å². The van der Waals surface area contributed by atoms with Crippen molar-refractivity contribution in [3.63, 3.8) is 0 Å². The van der Waals surface area contributed by atoms with Gasteiger partial charge in [-0.25, -0.2) is 0 Å². The van der Waals surface area contributed by atoms with Crippen molar-refractivity contribution >= 4 is 17.1 Å². The Hall–Kier alpha value is -2.10. The molecular formula is C20H26N2O2. The Labute approximate surface area is 142 Å². The van der Waals surface area contributed by atoms with E-state index < -0.39 is 0 Å². The maximum atomic E-state index is 13.0. The first-order valence-electron chi connectivity index (χ1n) is 9.01. The zero-order valence-corrected chi connectivity index (χ0v) is 14.6. The van der Waals surface area contributed by atoms with Crippen LogP contribution in [0.25, 0.3) is 10.9 Å². The number of benzene rings is 1. The molecule has 0 bridgehead atoms. The van der Waals surface area contributed by atoms with Crippen LogP contribution in [0.5, 0.6) is 5.75 Å². The highest BCUT2D eigenvalue weighted by Gasteiger charge is 2.17. The van der Waals surface area contributed by atoms with Gasteiger partial charge in [0.15, 0.2) is 0 Å². The van der Waals surface area contributed by atoms with Gasteiger partial charge in [-0.3, -0.25) is 9.79 Å². The van der Waals surface area contributed by atoms with E-state index in [2.05, 4.69) is 11.9 Å². The molecule has 4 heteroatoms. The van der Waals surface area contributed by atoms with Gasteiger partial charge in [-0.2, -0.15) is 0 Å². The number of para-hydroxylation sites is 1. The van der Waals surface area contributed by atoms with Crippen molar-refractivity contribution in [1.29, 1.82) is 0 Å². The summed E-state index contributed by atoms with van der Waals surface area (Å²) >= 11 is 0. The van der Waals surface area contributed by atoms with Crippen LogP contribution in [0.3, 0.4) is 0 Å². The molecule has 1 aromatic carbocycles. The van der Waals surface area contributed by atoms with Gasteiger partial charge in [0.05, 0.1) is 5.52 Å². The minimum absolute atomic E-state index is 0.0631. The summed E-state index contributed by atoms with van der Waals surface area (Å²) < 4.78 is 1.81. The summed E-state index contributed by atoms with van der Waals surface area (Å²) in [7, 11) is 0. The minimum Gasteiger partial charge on any atom is -0.506 e. The first-order valence-corrected chi connectivity index (χ1v) is 9.01. The van der Waals surface area contributed by atoms with Gasteiger partial charge in [0.2, 0.25) is 0 Å². The summed E-state index contributed by atoms with van der Waals surface area (Å²) in [5.41, 5.74) is 2.04. The van der Waals surface area contributed by atoms with Crippen LogP contribution < -0.4 is 5.56 Å². The lowest BCUT2D eigenvalue weighted by atomic mass is 10.1. The summed E-state index contributed by atoms with van der Waals surface area (Å²) in [5.74, 6) is 0.0631. The minimum atomic E-state index is -0.135. The lowest BCUT2D eigenvalue weighted by molar-refractivity contribution is 0.477. The van der Waals surface area contributed by atoms with Crippen molar-refractivity contribution < 1.29 is 5.11 Å². The molecule has 0 amide bonds. The second-order valence-corrected chi connectivity index (χ2v) is 6.76. The van der Waals surface area contributed by atoms with Crippen molar-refractivity contribution in [1.82, 2.24) is 4.57 Å². The van der Waals surface area contributed by atoms with E-state index in [1.165, 1.54) is 12.8 Å². The third-order valence-electron chi connectivity index (χ3n) is 4.97. The molecular weight excluding hydrogens is 300 g/mol.